The highest BCUT2D eigenvalue weighted by molar-refractivity contribution is 6.29. The molecule has 1 aromatic carbocycles. The first-order chi connectivity index (χ1) is 10.6. The van der Waals surface area contributed by atoms with Gasteiger partial charge < -0.3 is 0 Å². The molecule has 0 spiro atoms. The molecule has 0 fully saturated rings. The first kappa shape index (κ1) is 16.1. The van der Waals surface area contributed by atoms with E-state index in [1.807, 2.05) is 43.3 Å². The van der Waals surface area contributed by atoms with Gasteiger partial charge in [0.25, 0.3) is 0 Å². The Hall–Kier alpha value is -2.27. The second-order valence-corrected chi connectivity index (χ2v) is 5.31. The molecule has 0 aliphatic heterocycles. The van der Waals surface area contributed by atoms with Crippen LogP contribution >= 0.6 is 11.6 Å². The van der Waals surface area contributed by atoms with Gasteiger partial charge in [-0.25, -0.2) is 4.98 Å². The molecule has 5 nitrogen and oxygen atoms in total. The summed E-state index contributed by atoms with van der Waals surface area (Å²) in [5.41, 5.74) is 2.40. The molecule has 2 rings (SSSR count). The molecule has 0 amide bonds. The zero-order valence-electron chi connectivity index (χ0n) is 12.1. The van der Waals surface area contributed by atoms with Crippen LogP contribution in [0.1, 0.15) is 24.0 Å². The van der Waals surface area contributed by atoms with Crippen LogP contribution in [0.25, 0.3) is 0 Å². The van der Waals surface area contributed by atoms with Crippen LogP contribution in [-0.4, -0.2) is 22.2 Å². The average molecular weight is 318 g/mol. The SMILES string of the molecule is CC(C(C[N+](=O)[O-])=NCc1ccccc1)c1ccc(Cl)nc1. The van der Waals surface area contributed by atoms with Crippen LogP contribution in [0.3, 0.4) is 0 Å². The summed E-state index contributed by atoms with van der Waals surface area (Å²) < 4.78 is 0. The molecule has 0 N–H and O–H groups in total. The topological polar surface area (TPSA) is 68.4 Å². The molecular weight excluding hydrogens is 302 g/mol. The third-order valence-corrected chi connectivity index (χ3v) is 3.57. The van der Waals surface area contributed by atoms with Gasteiger partial charge >= 0.3 is 0 Å². The Morgan fingerprint density at radius 2 is 2.05 bits per heavy atom. The van der Waals surface area contributed by atoms with Gasteiger partial charge in [0.05, 0.1) is 12.3 Å². The van der Waals surface area contributed by atoms with Gasteiger partial charge in [0.1, 0.15) is 5.15 Å². The summed E-state index contributed by atoms with van der Waals surface area (Å²) in [6.07, 6.45) is 1.63. The molecule has 1 unspecified atom stereocenters. The Morgan fingerprint density at radius 1 is 1.32 bits per heavy atom. The quantitative estimate of drug-likeness (QED) is 0.352. The van der Waals surface area contributed by atoms with Gasteiger partial charge in [-0.1, -0.05) is 54.9 Å². The van der Waals surface area contributed by atoms with Crippen molar-refractivity contribution in [3.8, 4) is 0 Å². The van der Waals surface area contributed by atoms with Gasteiger partial charge in [-0.15, -0.1) is 0 Å². The third kappa shape index (κ3) is 4.63. The van der Waals surface area contributed by atoms with Crippen LogP contribution in [-0.2, 0) is 6.54 Å². The fourth-order valence-corrected chi connectivity index (χ4v) is 2.18. The normalized spacial score (nSPS) is 12.9. The molecule has 0 radical (unpaired) electrons. The minimum absolute atomic E-state index is 0.182. The minimum atomic E-state index is -0.357. The summed E-state index contributed by atoms with van der Waals surface area (Å²) in [6, 6.07) is 13.2. The number of aromatic nitrogens is 1. The number of rotatable bonds is 6. The Balaban J connectivity index is 2.21. The summed E-state index contributed by atoms with van der Waals surface area (Å²) >= 11 is 5.77. The molecule has 0 saturated heterocycles. The molecule has 114 valence electrons. The number of halogens is 1. The van der Waals surface area contributed by atoms with Gasteiger partial charge in [0.15, 0.2) is 0 Å². The van der Waals surface area contributed by atoms with E-state index in [9.17, 15) is 10.1 Å². The highest BCUT2D eigenvalue weighted by Crippen LogP contribution is 2.19. The van der Waals surface area contributed by atoms with Crippen molar-refractivity contribution in [3.05, 3.63) is 75.1 Å². The largest absolute Gasteiger partial charge is 0.282 e. The van der Waals surface area contributed by atoms with E-state index in [-0.39, 0.29) is 17.4 Å². The monoisotopic (exact) mass is 317 g/mol. The first-order valence-corrected chi connectivity index (χ1v) is 7.24. The maximum absolute atomic E-state index is 10.9. The Bertz CT molecular complexity index is 657. The highest BCUT2D eigenvalue weighted by atomic mass is 35.5. The van der Waals surface area contributed by atoms with Gasteiger partial charge in [-0.05, 0) is 17.2 Å². The molecule has 0 aliphatic carbocycles. The molecule has 0 aliphatic rings. The van der Waals surface area contributed by atoms with Crippen LogP contribution in [0.4, 0.5) is 0 Å². The fraction of sp³-hybridized carbons (Fsp3) is 0.250. The predicted molar refractivity (Wildman–Crippen MR) is 87.1 cm³/mol. The number of nitro groups is 1. The third-order valence-electron chi connectivity index (χ3n) is 3.35. The van der Waals surface area contributed by atoms with Crippen molar-refractivity contribution in [2.24, 2.45) is 4.99 Å². The number of benzene rings is 1. The zero-order chi connectivity index (χ0) is 15.9. The second kappa shape index (κ2) is 7.66. The average Bonchev–Trinajstić information content (AvgIpc) is 2.52. The summed E-state index contributed by atoms with van der Waals surface area (Å²) in [5.74, 6) is -0.182. The Morgan fingerprint density at radius 3 is 2.64 bits per heavy atom. The van der Waals surface area contributed by atoms with Gasteiger partial charge in [0, 0.05) is 17.0 Å². The maximum atomic E-state index is 10.9. The lowest BCUT2D eigenvalue weighted by atomic mass is 9.97. The molecule has 0 saturated carbocycles. The van der Waals surface area contributed by atoms with E-state index in [4.69, 9.17) is 11.6 Å². The fourth-order valence-electron chi connectivity index (χ4n) is 2.07. The van der Waals surface area contributed by atoms with Crippen LogP contribution in [0, 0.1) is 10.1 Å². The molecule has 0 bridgehead atoms. The minimum Gasteiger partial charge on any atom is -0.282 e. The molecule has 2 aromatic rings. The van der Waals surface area contributed by atoms with E-state index in [1.54, 1.807) is 12.3 Å². The van der Waals surface area contributed by atoms with E-state index in [1.165, 1.54) is 0 Å². The molecule has 1 heterocycles. The van der Waals surface area contributed by atoms with Crippen molar-refractivity contribution in [1.29, 1.82) is 0 Å². The van der Waals surface area contributed by atoms with Crippen molar-refractivity contribution in [1.82, 2.24) is 4.98 Å². The number of nitrogens with zero attached hydrogens (tertiary/aromatic N) is 3. The summed E-state index contributed by atoms with van der Waals surface area (Å²) in [5, 5.41) is 11.3. The van der Waals surface area contributed by atoms with Crippen LogP contribution in [0.5, 0.6) is 0 Å². The Labute approximate surface area is 133 Å². The number of pyridine rings is 1. The second-order valence-electron chi connectivity index (χ2n) is 4.92. The molecular formula is C16H16ClN3O2. The molecule has 22 heavy (non-hydrogen) atoms. The lowest BCUT2D eigenvalue weighted by Crippen LogP contribution is -2.20. The van der Waals surface area contributed by atoms with Crippen molar-refractivity contribution < 1.29 is 4.92 Å². The van der Waals surface area contributed by atoms with Crippen molar-refractivity contribution >= 4 is 17.3 Å². The lowest BCUT2D eigenvalue weighted by molar-refractivity contribution is -0.463. The highest BCUT2D eigenvalue weighted by Gasteiger charge is 2.18. The van der Waals surface area contributed by atoms with E-state index in [0.29, 0.717) is 17.4 Å². The van der Waals surface area contributed by atoms with Crippen molar-refractivity contribution in [3.63, 3.8) is 0 Å². The summed E-state index contributed by atoms with van der Waals surface area (Å²) in [6.45, 7) is 2.03. The standard InChI is InChI=1S/C16H16ClN3O2/c1-12(14-7-8-16(17)19-10-14)15(11-20(21)22)18-9-13-5-3-2-4-6-13/h2-8,10,12H,9,11H2,1H3. The van der Waals surface area contributed by atoms with E-state index in [0.717, 1.165) is 11.1 Å². The van der Waals surface area contributed by atoms with E-state index < -0.39 is 0 Å². The number of hydrogen-bond donors (Lipinski definition) is 0. The predicted octanol–water partition coefficient (Wildman–Crippen LogP) is 3.76. The maximum Gasteiger partial charge on any atom is 0.241 e. The smallest absolute Gasteiger partial charge is 0.241 e. The van der Waals surface area contributed by atoms with Gasteiger partial charge in [0.2, 0.25) is 6.54 Å². The number of hydrogen-bond acceptors (Lipinski definition) is 4. The molecule has 6 heteroatoms. The lowest BCUT2D eigenvalue weighted by Gasteiger charge is -2.12. The zero-order valence-corrected chi connectivity index (χ0v) is 12.9. The molecule has 1 aromatic heterocycles. The molecule has 1 atom stereocenters. The Kier molecular flexibility index (Phi) is 5.61. The summed E-state index contributed by atoms with van der Waals surface area (Å²) in [4.78, 5) is 19.0. The van der Waals surface area contributed by atoms with Crippen LogP contribution < -0.4 is 0 Å². The summed E-state index contributed by atoms with van der Waals surface area (Å²) in [7, 11) is 0. The van der Waals surface area contributed by atoms with E-state index in [2.05, 4.69) is 9.98 Å². The van der Waals surface area contributed by atoms with Crippen molar-refractivity contribution in [2.75, 3.05) is 6.54 Å². The van der Waals surface area contributed by atoms with Crippen LogP contribution in [0.2, 0.25) is 5.15 Å². The number of aliphatic imine (C=N–C) groups is 1. The first-order valence-electron chi connectivity index (χ1n) is 6.86. The van der Waals surface area contributed by atoms with Crippen LogP contribution in [0.15, 0.2) is 53.7 Å². The van der Waals surface area contributed by atoms with Gasteiger partial charge in [-0.2, -0.15) is 0 Å². The van der Waals surface area contributed by atoms with E-state index >= 15 is 0 Å². The van der Waals surface area contributed by atoms with Gasteiger partial charge in [-0.3, -0.25) is 15.1 Å². The van der Waals surface area contributed by atoms with Crippen molar-refractivity contribution in [2.45, 2.75) is 19.4 Å².